The molecule has 0 amide bonds. The monoisotopic (exact) mass is 348 g/mol. The normalized spacial score (nSPS) is 26.1. The number of guanidine groups is 1. The van der Waals surface area contributed by atoms with Crippen LogP contribution in [0.25, 0.3) is 0 Å². The van der Waals surface area contributed by atoms with E-state index in [2.05, 4.69) is 35.4 Å². The second-order valence-electron chi connectivity index (χ2n) is 7.25. The van der Waals surface area contributed by atoms with Crippen LogP contribution in [0.4, 0.5) is 0 Å². The predicted octanol–water partition coefficient (Wildman–Crippen LogP) is 2.54. The average Bonchev–Trinajstić information content (AvgIpc) is 3.36. The van der Waals surface area contributed by atoms with E-state index in [0.29, 0.717) is 6.54 Å². The van der Waals surface area contributed by atoms with Crippen molar-refractivity contribution < 1.29 is 9.15 Å². The van der Waals surface area contributed by atoms with Gasteiger partial charge in [-0.25, -0.2) is 0 Å². The van der Waals surface area contributed by atoms with Crippen LogP contribution < -0.4 is 10.6 Å². The highest BCUT2D eigenvalue weighted by Crippen LogP contribution is 2.26. The standard InChI is InChI=1S/C19H32N4O2/c1-3-20-18(22-15-19(2)9-7-13-25-19)21-14-16(17-8-6-12-24-17)23-10-4-5-11-23/h6,8,12,16H,3-5,7,9-11,13-15H2,1-2H3,(H2,20,21,22). The maximum absolute atomic E-state index is 5.85. The molecule has 0 aromatic carbocycles. The number of nitrogens with one attached hydrogen (secondary N) is 2. The van der Waals surface area contributed by atoms with Gasteiger partial charge in [-0.05, 0) is 64.8 Å². The van der Waals surface area contributed by atoms with Crippen LogP contribution in [0.3, 0.4) is 0 Å². The van der Waals surface area contributed by atoms with Gasteiger partial charge in [-0.3, -0.25) is 9.89 Å². The third-order valence-electron chi connectivity index (χ3n) is 5.13. The molecule has 2 N–H and O–H groups in total. The summed E-state index contributed by atoms with van der Waals surface area (Å²) in [5.41, 5.74) is -0.113. The number of hydrogen-bond donors (Lipinski definition) is 2. The largest absolute Gasteiger partial charge is 0.468 e. The first-order valence-corrected chi connectivity index (χ1v) is 9.64. The molecule has 2 unspecified atom stereocenters. The minimum atomic E-state index is -0.113. The first-order chi connectivity index (χ1) is 12.2. The quantitative estimate of drug-likeness (QED) is 0.586. The van der Waals surface area contributed by atoms with Gasteiger partial charge >= 0.3 is 0 Å². The number of aliphatic imine (C=N–C) groups is 1. The summed E-state index contributed by atoms with van der Waals surface area (Å²) in [6.45, 7) is 9.69. The van der Waals surface area contributed by atoms with E-state index in [1.807, 2.05) is 6.07 Å². The number of nitrogens with zero attached hydrogens (tertiary/aromatic N) is 2. The summed E-state index contributed by atoms with van der Waals surface area (Å²) in [6, 6.07) is 4.29. The number of ether oxygens (including phenoxy) is 1. The van der Waals surface area contributed by atoms with Crippen molar-refractivity contribution in [2.45, 2.75) is 51.2 Å². The van der Waals surface area contributed by atoms with Gasteiger partial charge in [0.1, 0.15) is 5.76 Å². The van der Waals surface area contributed by atoms with Gasteiger partial charge in [0.25, 0.3) is 0 Å². The highest BCUT2D eigenvalue weighted by atomic mass is 16.5. The van der Waals surface area contributed by atoms with Gasteiger partial charge in [-0.15, -0.1) is 0 Å². The molecule has 0 bridgehead atoms. The molecular formula is C19H32N4O2. The topological polar surface area (TPSA) is 62.0 Å². The molecule has 2 saturated heterocycles. The van der Waals surface area contributed by atoms with E-state index in [1.54, 1.807) is 6.26 Å². The number of likely N-dealkylation sites (tertiary alicyclic amines) is 1. The van der Waals surface area contributed by atoms with Crippen molar-refractivity contribution in [1.29, 1.82) is 0 Å². The second kappa shape index (κ2) is 8.72. The minimum absolute atomic E-state index is 0.113. The van der Waals surface area contributed by atoms with Gasteiger partial charge in [0.05, 0.1) is 24.5 Å². The Morgan fingerprint density at radius 1 is 1.32 bits per heavy atom. The predicted molar refractivity (Wildman–Crippen MR) is 99.8 cm³/mol. The molecule has 0 spiro atoms. The summed E-state index contributed by atoms with van der Waals surface area (Å²) in [6.07, 6.45) is 6.50. The molecule has 140 valence electrons. The van der Waals surface area contributed by atoms with Crippen LogP contribution in [0, 0.1) is 0 Å². The van der Waals surface area contributed by atoms with E-state index >= 15 is 0 Å². The van der Waals surface area contributed by atoms with Crippen LogP contribution in [0.15, 0.2) is 27.8 Å². The highest BCUT2D eigenvalue weighted by molar-refractivity contribution is 5.79. The fourth-order valence-electron chi connectivity index (χ4n) is 3.69. The minimum Gasteiger partial charge on any atom is -0.468 e. The van der Waals surface area contributed by atoms with E-state index in [9.17, 15) is 0 Å². The van der Waals surface area contributed by atoms with Gasteiger partial charge in [0.15, 0.2) is 5.96 Å². The molecule has 0 saturated carbocycles. The van der Waals surface area contributed by atoms with E-state index in [1.165, 1.54) is 12.8 Å². The molecule has 2 aliphatic rings. The van der Waals surface area contributed by atoms with Crippen molar-refractivity contribution in [1.82, 2.24) is 15.5 Å². The summed E-state index contributed by atoms with van der Waals surface area (Å²) in [4.78, 5) is 7.26. The Labute approximate surface area is 151 Å². The molecule has 0 aliphatic carbocycles. The molecular weight excluding hydrogens is 316 g/mol. The van der Waals surface area contributed by atoms with Crippen LogP contribution in [-0.2, 0) is 4.74 Å². The molecule has 6 heteroatoms. The van der Waals surface area contributed by atoms with Crippen LogP contribution in [0.5, 0.6) is 0 Å². The lowest BCUT2D eigenvalue weighted by atomic mass is 10.0. The zero-order chi connectivity index (χ0) is 17.5. The first-order valence-electron chi connectivity index (χ1n) is 9.64. The lowest BCUT2D eigenvalue weighted by Crippen LogP contribution is -2.43. The number of hydrogen-bond acceptors (Lipinski definition) is 4. The van der Waals surface area contributed by atoms with Gasteiger partial charge in [-0.2, -0.15) is 0 Å². The summed E-state index contributed by atoms with van der Waals surface area (Å²) >= 11 is 0. The van der Waals surface area contributed by atoms with Crippen LogP contribution >= 0.6 is 0 Å². The Bertz CT molecular complexity index is 532. The van der Waals surface area contributed by atoms with E-state index in [-0.39, 0.29) is 11.6 Å². The third kappa shape index (κ3) is 4.98. The Balaban J connectivity index is 1.61. The molecule has 2 fully saturated rings. The van der Waals surface area contributed by atoms with Gasteiger partial charge < -0.3 is 19.8 Å². The molecule has 6 nitrogen and oxygen atoms in total. The fraction of sp³-hybridized carbons (Fsp3) is 0.737. The lowest BCUT2D eigenvalue weighted by Gasteiger charge is -2.27. The number of rotatable bonds is 7. The third-order valence-corrected chi connectivity index (χ3v) is 5.13. The lowest BCUT2D eigenvalue weighted by molar-refractivity contribution is 0.0283. The SMILES string of the molecule is CCNC(=NCC1(C)CCCO1)NCC(c1ccco1)N1CCCC1. The van der Waals surface area contributed by atoms with E-state index < -0.39 is 0 Å². The first kappa shape index (κ1) is 18.3. The van der Waals surface area contributed by atoms with Crippen LogP contribution in [0.2, 0.25) is 0 Å². The van der Waals surface area contributed by atoms with E-state index in [4.69, 9.17) is 14.1 Å². The van der Waals surface area contributed by atoms with Crippen molar-refractivity contribution in [2.24, 2.45) is 4.99 Å². The van der Waals surface area contributed by atoms with Crippen molar-refractivity contribution in [3.8, 4) is 0 Å². The summed E-state index contributed by atoms with van der Waals surface area (Å²) < 4.78 is 11.5. The summed E-state index contributed by atoms with van der Waals surface area (Å²) in [5, 5.41) is 6.86. The van der Waals surface area contributed by atoms with Crippen LogP contribution in [-0.4, -0.2) is 55.8 Å². The zero-order valence-corrected chi connectivity index (χ0v) is 15.6. The highest BCUT2D eigenvalue weighted by Gasteiger charge is 2.30. The fourth-order valence-corrected chi connectivity index (χ4v) is 3.69. The Morgan fingerprint density at radius 2 is 2.16 bits per heavy atom. The molecule has 2 aliphatic heterocycles. The van der Waals surface area contributed by atoms with Gasteiger partial charge in [-0.1, -0.05) is 0 Å². The molecule has 3 heterocycles. The van der Waals surface area contributed by atoms with Crippen molar-refractivity contribution >= 4 is 5.96 Å². The average molecular weight is 348 g/mol. The maximum Gasteiger partial charge on any atom is 0.191 e. The molecule has 2 atom stereocenters. The molecule has 1 aromatic rings. The summed E-state index contributed by atoms with van der Waals surface area (Å²) in [7, 11) is 0. The van der Waals surface area contributed by atoms with Gasteiger partial charge in [0, 0.05) is 19.7 Å². The maximum atomic E-state index is 5.85. The Kier molecular flexibility index (Phi) is 6.37. The number of furan rings is 1. The van der Waals surface area contributed by atoms with Crippen LogP contribution in [0.1, 0.15) is 51.3 Å². The second-order valence-corrected chi connectivity index (χ2v) is 7.25. The smallest absolute Gasteiger partial charge is 0.191 e. The van der Waals surface area contributed by atoms with Crippen molar-refractivity contribution in [3.05, 3.63) is 24.2 Å². The Hall–Kier alpha value is -1.53. The molecule has 25 heavy (non-hydrogen) atoms. The molecule has 0 radical (unpaired) electrons. The molecule has 3 rings (SSSR count). The van der Waals surface area contributed by atoms with Crippen molar-refractivity contribution in [3.63, 3.8) is 0 Å². The van der Waals surface area contributed by atoms with Gasteiger partial charge in [0.2, 0.25) is 0 Å². The summed E-state index contributed by atoms with van der Waals surface area (Å²) in [5.74, 6) is 1.88. The zero-order valence-electron chi connectivity index (χ0n) is 15.6. The van der Waals surface area contributed by atoms with E-state index in [0.717, 1.165) is 57.3 Å². The molecule has 1 aromatic heterocycles. The van der Waals surface area contributed by atoms with Crippen molar-refractivity contribution in [2.75, 3.05) is 39.3 Å². The Morgan fingerprint density at radius 3 is 2.80 bits per heavy atom.